The zero-order valence-corrected chi connectivity index (χ0v) is 16.2. The average Bonchev–Trinajstić information content (AvgIpc) is 3.05. The van der Waals surface area contributed by atoms with E-state index < -0.39 is 5.91 Å². The number of rotatable bonds is 3. The number of amides is 1. The van der Waals surface area contributed by atoms with Crippen LogP contribution >= 0.6 is 0 Å². The molecule has 3 heterocycles. The molecule has 3 fully saturated rings. The van der Waals surface area contributed by atoms with Gasteiger partial charge >= 0.3 is 0 Å². The number of nitrogens with two attached hydrogens (primary N) is 1. The van der Waals surface area contributed by atoms with Crippen LogP contribution in [-0.4, -0.2) is 26.2 Å². The smallest absolute Gasteiger partial charge is 0.269 e. The van der Waals surface area contributed by atoms with Crippen molar-refractivity contribution in [2.24, 2.45) is 16.6 Å². The molecule has 1 amide bonds. The molecule has 0 saturated heterocycles. The number of carbonyl (C=O) groups excluding carboxylic acids is 1. The summed E-state index contributed by atoms with van der Waals surface area (Å²) < 4.78 is 1.96. The highest BCUT2D eigenvalue weighted by Crippen LogP contribution is 2.65. The first-order valence-corrected chi connectivity index (χ1v) is 10.1. The SMILES string of the molecule is C[C@H]1N=C(c2ccccn2)c2cc(C34CC(C3)C4)ccc2-n2cnc(C(N)=O)c21. The molecule has 0 radical (unpaired) electrons. The maximum atomic E-state index is 12.0. The number of imidazole rings is 1. The third-order valence-electron chi connectivity index (χ3n) is 6.83. The summed E-state index contributed by atoms with van der Waals surface area (Å²) >= 11 is 0. The average molecular weight is 383 g/mol. The first kappa shape index (κ1) is 16.7. The minimum atomic E-state index is -0.533. The Labute approximate surface area is 168 Å². The molecular formula is C23H21N5O. The van der Waals surface area contributed by atoms with E-state index in [1.165, 1.54) is 24.8 Å². The number of hydrogen-bond acceptors (Lipinski definition) is 4. The number of fused-ring (bicyclic) bond motifs is 3. The van der Waals surface area contributed by atoms with E-state index in [-0.39, 0.29) is 11.7 Å². The van der Waals surface area contributed by atoms with Crippen LogP contribution in [0, 0.1) is 5.92 Å². The van der Waals surface area contributed by atoms with E-state index in [1.54, 1.807) is 12.5 Å². The van der Waals surface area contributed by atoms with Gasteiger partial charge in [-0.3, -0.25) is 19.3 Å². The molecule has 6 nitrogen and oxygen atoms in total. The Morgan fingerprint density at radius 1 is 1.17 bits per heavy atom. The molecule has 0 unspecified atom stereocenters. The Hall–Kier alpha value is -3.28. The molecule has 2 aromatic heterocycles. The molecule has 144 valence electrons. The van der Waals surface area contributed by atoms with Crippen molar-refractivity contribution >= 4 is 11.6 Å². The number of hydrogen-bond donors (Lipinski definition) is 1. The van der Waals surface area contributed by atoms with Crippen LogP contribution in [0.1, 0.15) is 65.2 Å². The predicted molar refractivity (Wildman–Crippen MR) is 109 cm³/mol. The fraction of sp³-hybridized carbons (Fsp3) is 0.304. The van der Waals surface area contributed by atoms with Crippen LogP contribution in [0.15, 0.2) is 53.9 Å². The molecule has 2 N–H and O–H groups in total. The van der Waals surface area contributed by atoms with Gasteiger partial charge < -0.3 is 5.73 Å². The van der Waals surface area contributed by atoms with Crippen molar-refractivity contribution in [1.29, 1.82) is 0 Å². The normalized spacial score (nSPS) is 26.3. The minimum absolute atomic E-state index is 0.275. The fourth-order valence-corrected chi connectivity index (χ4v) is 5.27. The van der Waals surface area contributed by atoms with Crippen molar-refractivity contribution in [1.82, 2.24) is 14.5 Å². The van der Waals surface area contributed by atoms with Gasteiger partial charge in [0.25, 0.3) is 5.91 Å². The molecule has 4 aliphatic rings. The highest BCUT2D eigenvalue weighted by Gasteiger charge is 2.57. The quantitative estimate of drug-likeness (QED) is 0.753. The monoisotopic (exact) mass is 383 g/mol. The number of aromatic nitrogens is 3. The zero-order valence-electron chi connectivity index (χ0n) is 16.2. The Balaban J connectivity index is 1.61. The fourth-order valence-electron chi connectivity index (χ4n) is 5.27. The van der Waals surface area contributed by atoms with Crippen molar-refractivity contribution in [3.8, 4) is 5.69 Å². The first-order valence-electron chi connectivity index (χ1n) is 10.1. The van der Waals surface area contributed by atoms with Gasteiger partial charge in [-0.25, -0.2) is 4.98 Å². The lowest BCUT2D eigenvalue weighted by Crippen LogP contribution is -2.55. The molecule has 6 heteroatoms. The van der Waals surface area contributed by atoms with Gasteiger partial charge in [-0.1, -0.05) is 12.1 Å². The molecule has 1 aromatic carbocycles. The van der Waals surface area contributed by atoms with Gasteiger partial charge in [-0.2, -0.15) is 0 Å². The summed E-state index contributed by atoms with van der Waals surface area (Å²) in [6.45, 7) is 1.97. The second-order valence-electron chi connectivity index (χ2n) is 8.57. The van der Waals surface area contributed by atoms with Crippen LogP contribution < -0.4 is 5.73 Å². The molecule has 1 aliphatic heterocycles. The van der Waals surface area contributed by atoms with Crippen molar-refractivity contribution in [3.05, 3.63) is 77.1 Å². The van der Waals surface area contributed by atoms with E-state index in [2.05, 4.69) is 28.2 Å². The zero-order chi connectivity index (χ0) is 19.8. The highest BCUT2D eigenvalue weighted by molar-refractivity contribution is 6.14. The highest BCUT2D eigenvalue weighted by atomic mass is 16.1. The van der Waals surface area contributed by atoms with E-state index in [0.717, 1.165) is 34.3 Å². The largest absolute Gasteiger partial charge is 0.364 e. The number of aliphatic imine (C=N–C) groups is 1. The maximum Gasteiger partial charge on any atom is 0.269 e. The summed E-state index contributed by atoms with van der Waals surface area (Å²) in [6, 6.07) is 12.2. The number of nitrogens with zero attached hydrogens (tertiary/aromatic N) is 4. The van der Waals surface area contributed by atoms with E-state index in [4.69, 9.17) is 10.7 Å². The molecule has 3 saturated carbocycles. The van der Waals surface area contributed by atoms with Crippen LogP contribution in [0.25, 0.3) is 5.69 Å². The van der Waals surface area contributed by atoms with Gasteiger partial charge in [0.1, 0.15) is 6.33 Å². The standard InChI is InChI=1S/C23H21N5O/c1-13-21-20(22(24)29)26-12-28(21)18-6-5-15(23-9-14(10-23)11-23)8-16(18)19(27-13)17-4-2-3-7-25-17/h2-8,12-14H,9-11H2,1H3,(H2,24,29)/t13-,14?,23?/m1/s1. The van der Waals surface area contributed by atoms with Crippen LogP contribution in [0.3, 0.4) is 0 Å². The topological polar surface area (TPSA) is 86.2 Å². The summed E-state index contributed by atoms with van der Waals surface area (Å²) in [5.41, 5.74) is 12.0. The summed E-state index contributed by atoms with van der Waals surface area (Å²) in [5, 5.41) is 0. The molecule has 0 spiro atoms. The number of benzene rings is 1. The van der Waals surface area contributed by atoms with E-state index in [0.29, 0.717) is 5.41 Å². The Morgan fingerprint density at radius 3 is 2.66 bits per heavy atom. The Kier molecular flexibility index (Phi) is 3.23. The van der Waals surface area contributed by atoms with E-state index in [1.807, 2.05) is 29.7 Å². The summed E-state index contributed by atoms with van der Waals surface area (Å²) in [5.74, 6) is 0.380. The van der Waals surface area contributed by atoms with Crippen LogP contribution in [0.2, 0.25) is 0 Å². The molecule has 3 aliphatic carbocycles. The van der Waals surface area contributed by atoms with Gasteiger partial charge in [0.2, 0.25) is 0 Å². The van der Waals surface area contributed by atoms with Crippen molar-refractivity contribution < 1.29 is 4.79 Å². The summed E-state index contributed by atoms with van der Waals surface area (Å²) in [7, 11) is 0. The van der Waals surface area contributed by atoms with Gasteiger partial charge in [0, 0.05) is 11.8 Å². The lowest BCUT2D eigenvalue weighted by atomic mass is 9.42. The maximum absolute atomic E-state index is 12.0. The van der Waals surface area contributed by atoms with E-state index in [9.17, 15) is 4.79 Å². The number of carbonyl (C=O) groups is 1. The van der Waals surface area contributed by atoms with Gasteiger partial charge in [0.15, 0.2) is 5.69 Å². The van der Waals surface area contributed by atoms with E-state index >= 15 is 0 Å². The van der Waals surface area contributed by atoms with Crippen molar-refractivity contribution in [2.75, 3.05) is 0 Å². The van der Waals surface area contributed by atoms with Gasteiger partial charge in [-0.05, 0) is 67.3 Å². The Morgan fingerprint density at radius 2 is 2.00 bits per heavy atom. The van der Waals surface area contributed by atoms with Crippen molar-refractivity contribution in [2.45, 2.75) is 37.6 Å². The third-order valence-corrected chi connectivity index (χ3v) is 6.83. The second-order valence-corrected chi connectivity index (χ2v) is 8.57. The molecule has 2 bridgehead atoms. The third kappa shape index (κ3) is 2.23. The second kappa shape index (κ2) is 5.63. The lowest BCUT2D eigenvalue weighted by Gasteiger charge is -2.62. The van der Waals surface area contributed by atoms with Gasteiger partial charge in [0.05, 0.1) is 28.8 Å². The lowest BCUT2D eigenvalue weighted by molar-refractivity contribution is -0.0274. The predicted octanol–water partition coefficient (Wildman–Crippen LogP) is 3.33. The number of pyridine rings is 1. The molecule has 3 aromatic rings. The molecule has 7 rings (SSSR count). The summed E-state index contributed by atoms with van der Waals surface area (Å²) in [6.07, 6.45) is 7.35. The van der Waals surface area contributed by atoms with Crippen LogP contribution in [0.4, 0.5) is 0 Å². The van der Waals surface area contributed by atoms with Crippen LogP contribution in [-0.2, 0) is 5.41 Å². The molecule has 29 heavy (non-hydrogen) atoms. The summed E-state index contributed by atoms with van der Waals surface area (Å²) in [4.78, 5) is 25.9. The van der Waals surface area contributed by atoms with Crippen LogP contribution in [0.5, 0.6) is 0 Å². The number of primary amides is 1. The van der Waals surface area contributed by atoms with Crippen molar-refractivity contribution in [3.63, 3.8) is 0 Å². The molecule has 1 atom stereocenters. The Bertz CT molecular complexity index is 1180. The first-order chi connectivity index (χ1) is 14.1. The minimum Gasteiger partial charge on any atom is -0.364 e. The van der Waals surface area contributed by atoms with Gasteiger partial charge in [-0.15, -0.1) is 0 Å². The molecular weight excluding hydrogens is 362 g/mol.